The van der Waals surface area contributed by atoms with Crippen molar-refractivity contribution in [1.82, 2.24) is 4.90 Å². The molecule has 7 heteroatoms. The average Bonchev–Trinajstić information content (AvgIpc) is 3.27. The second kappa shape index (κ2) is 11.0. The number of hydrogen-bond donors (Lipinski definition) is 0. The molecule has 1 aliphatic rings. The molecule has 0 radical (unpaired) electrons. The van der Waals surface area contributed by atoms with Crippen LogP contribution in [-0.4, -0.2) is 43.1 Å². The third-order valence-corrected chi connectivity index (χ3v) is 6.57. The summed E-state index contributed by atoms with van der Waals surface area (Å²) in [5.74, 6) is 0.290. The molecule has 0 aliphatic carbocycles. The van der Waals surface area contributed by atoms with Crippen molar-refractivity contribution in [3.8, 4) is 16.9 Å². The number of benzene rings is 2. The van der Waals surface area contributed by atoms with E-state index in [-0.39, 0.29) is 17.8 Å². The minimum absolute atomic E-state index is 0.0718. The van der Waals surface area contributed by atoms with Gasteiger partial charge in [-0.3, -0.25) is 9.59 Å². The Hall–Kier alpha value is -3.25. The van der Waals surface area contributed by atoms with Crippen LogP contribution in [0.15, 0.2) is 53.2 Å². The Morgan fingerprint density at radius 1 is 1.11 bits per heavy atom. The normalized spacial score (nSPS) is 14.9. The number of rotatable bonds is 7. The number of likely N-dealkylation sites (tertiary alicyclic amines) is 1. The molecule has 2 heterocycles. The van der Waals surface area contributed by atoms with E-state index in [1.54, 1.807) is 24.2 Å². The highest BCUT2D eigenvalue weighted by atomic mass is 35.5. The van der Waals surface area contributed by atoms with Crippen LogP contribution in [0, 0.1) is 5.92 Å². The maximum atomic E-state index is 13.0. The summed E-state index contributed by atoms with van der Waals surface area (Å²) in [6.45, 7) is 7.58. The quantitative estimate of drug-likeness (QED) is 0.282. The number of esters is 1. The van der Waals surface area contributed by atoms with Gasteiger partial charge in [-0.15, -0.1) is 0 Å². The summed E-state index contributed by atoms with van der Waals surface area (Å²) >= 11 is 6.06. The molecular weight excluding hydrogens is 466 g/mol. The van der Waals surface area contributed by atoms with Crippen molar-refractivity contribution in [2.24, 2.45) is 5.92 Å². The van der Waals surface area contributed by atoms with Crippen molar-refractivity contribution in [3.05, 3.63) is 59.3 Å². The molecule has 0 atom stereocenters. The minimum atomic E-state index is -0.169. The molecule has 0 unspecified atom stereocenters. The van der Waals surface area contributed by atoms with Gasteiger partial charge in [0.25, 0.3) is 0 Å². The first-order valence-electron chi connectivity index (χ1n) is 12.0. The highest BCUT2D eigenvalue weighted by Gasteiger charge is 2.27. The minimum Gasteiger partial charge on any atom is -0.493 e. The molecule has 1 saturated heterocycles. The van der Waals surface area contributed by atoms with Crippen LogP contribution in [0.1, 0.15) is 39.2 Å². The molecule has 1 aliphatic heterocycles. The molecule has 184 valence electrons. The number of furan rings is 1. The number of hydrogen-bond acceptors (Lipinski definition) is 5. The van der Waals surface area contributed by atoms with Crippen molar-refractivity contribution >= 4 is 40.0 Å². The molecule has 35 heavy (non-hydrogen) atoms. The van der Waals surface area contributed by atoms with Crippen molar-refractivity contribution in [2.45, 2.75) is 33.6 Å². The summed E-state index contributed by atoms with van der Waals surface area (Å²) in [5.41, 5.74) is 4.29. The first-order valence-corrected chi connectivity index (χ1v) is 12.4. The number of carbonyl (C=O) groups excluding carboxylic acids is 2. The molecule has 1 aromatic heterocycles. The molecule has 4 rings (SSSR count). The highest BCUT2D eigenvalue weighted by Crippen LogP contribution is 2.38. The van der Waals surface area contributed by atoms with Crippen molar-refractivity contribution in [2.75, 3.05) is 26.3 Å². The Morgan fingerprint density at radius 2 is 1.83 bits per heavy atom. The smallest absolute Gasteiger partial charge is 0.309 e. The maximum absolute atomic E-state index is 13.0. The number of ether oxygens (including phenoxy) is 2. The van der Waals surface area contributed by atoms with Crippen LogP contribution in [0.25, 0.3) is 27.7 Å². The monoisotopic (exact) mass is 495 g/mol. The van der Waals surface area contributed by atoms with E-state index in [0.717, 1.165) is 27.6 Å². The van der Waals surface area contributed by atoms with Gasteiger partial charge in [-0.05, 0) is 62.9 Å². The summed E-state index contributed by atoms with van der Waals surface area (Å²) in [6.07, 6.45) is 4.61. The lowest BCUT2D eigenvalue weighted by molar-refractivity contribution is -0.150. The number of allylic oxidation sites excluding steroid dienone is 1. The fourth-order valence-corrected chi connectivity index (χ4v) is 4.57. The zero-order valence-electron chi connectivity index (χ0n) is 20.3. The number of amides is 1. The van der Waals surface area contributed by atoms with E-state index in [2.05, 4.69) is 0 Å². The predicted molar refractivity (Wildman–Crippen MR) is 137 cm³/mol. The van der Waals surface area contributed by atoms with E-state index >= 15 is 0 Å². The molecule has 0 spiro atoms. The number of piperidine rings is 1. The molecule has 1 fully saturated rings. The molecule has 3 aromatic rings. The van der Waals surface area contributed by atoms with E-state index in [1.807, 2.05) is 50.2 Å². The summed E-state index contributed by atoms with van der Waals surface area (Å²) in [7, 11) is 0. The number of fused-ring (bicyclic) bond motifs is 1. The molecule has 6 nitrogen and oxygen atoms in total. The Morgan fingerprint density at radius 3 is 2.49 bits per heavy atom. The van der Waals surface area contributed by atoms with Gasteiger partial charge in [0.2, 0.25) is 5.91 Å². The first-order chi connectivity index (χ1) is 16.9. The Bertz CT molecular complexity index is 1240. The Labute approximate surface area is 210 Å². The van der Waals surface area contributed by atoms with Gasteiger partial charge in [0.15, 0.2) is 0 Å². The summed E-state index contributed by atoms with van der Waals surface area (Å²) in [4.78, 5) is 26.8. The van der Waals surface area contributed by atoms with Gasteiger partial charge in [-0.1, -0.05) is 23.7 Å². The van der Waals surface area contributed by atoms with Crippen LogP contribution in [0.5, 0.6) is 5.75 Å². The Kier molecular flexibility index (Phi) is 7.81. The zero-order chi connectivity index (χ0) is 24.9. The van der Waals surface area contributed by atoms with E-state index in [9.17, 15) is 9.59 Å². The number of halogens is 1. The summed E-state index contributed by atoms with van der Waals surface area (Å²) in [6, 6.07) is 11.5. The van der Waals surface area contributed by atoms with E-state index in [1.165, 1.54) is 0 Å². The number of nitrogens with zero attached hydrogens (tertiary/aromatic N) is 1. The van der Waals surface area contributed by atoms with Gasteiger partial charge < -0.3 is 18.8 Å². The predicted octanol–water partition coefficient (Wildman–Crippen LogP) is 6.36. The summed E-state index contributed by atoms with van der Waals surface area (Å²) in [5, 5.41) is 1.60. The zero-order valence-corrected chi connectivity index (χ0v) is 21.1. The van der Waals surface area contributed by atoms with Crippen LogP contribution < -0.4 is 4.74 Å². The van der Waals surface area contributed by atoms with Gasteiger partial charge in [-0.25, -0.2) is 0 Å². The van der Waals surface area contributed by atoms with Crippen LogP contribution in [0.3, 0.4) is 0 Å². The largest absolute Gasteiger partial charge is 0.493 e. The SMILES string of the molecule is CCOC(=O)C1CCN(C(=O)/C=C(\C)c2cc3c(-c4ccc(Cl)cc4)coc3cc2OCC)CC1. The van der Waals surface area contributed by atoms with Crippen molar-refractivity contribution < 1.29 is 23.5 Å². The van der Waals surface area contributed by atoms with Crippen molar-refractivity contribution in [3.63, 3.8) is 0 Å². The second-order valence-electron chi connectivity index (χ2n) is 8.61. The summed E-state index contributed by atoms with van der Waals surface area (Å²) < 4.78 is 16.9. The van der Waals surface area contributed by atoms with Gasteiger partial charge in [0.1, 0.15) is 11.3 Å². The van der Waals surface area contributed by atoms with Crippen LogP contribution in [0.4, 0.5) is 0 Å². The topological polar surface area (TPSA) is 69.0 Å². The van der Waals surface area contributed by atoms with Crippen LogP contribution in [-0.2, 0) is 14.3 Å². The molecule has 0 saturated carbocycles. The molecule has 0 bridgehead atoms. The number of carbonyl (C=O) groups is 2. The molecule has 2 aromatic carbocycles. The van der Waals surface area contributed by atoms with Crippen molar-refractivity contribution in [1.29, 1.82) is 0 Å². The third-order valence-electron chi connectivity index (χ3n) is 6.32. The third kappa shape index (κ3) is 5.54. The average molecular weight is 496 g/mol. The second-order valence-corrected chi connectivity index (χ2v) is 9.05. The van der Waals surface area contributed by atoms with Crippen LogP contribution in [0.2, 0.25) is 5.02 Å². The maximum Gasteiger partial charge on any atom is 0.309 e. The van der Waals surface area contributed by atoms with Gasteiger partial charge in [0, 0.05) is 46.8 Å². The standard InChI is InChI=1S/C28H30ClNO5/c1-4-33-25-16-26-23(24(17-35-26)19-6-8-21(29)9-7-19)15-22(25)18(3)14-27(31)30-12-10-20(11-13-30)28(32)34-5-2/h6-9,14-17,20H,4-5,10-13H2,1-3H3/b18-14+. The van der Waals surface area contributed by atoms with Gasteiger partial charge in [0.05, 0.1) is 25.4 Å². The van der Waals surface area contributed by atoms with Gasteiger partial charge in [-0.2, -0.15) is 0 Å². The van der Waals surface area contributed by atoms with E-state index in [4.69, 9.17) is 25.5 Å². The lowest BCUT2D eigenvalue weighted by atomic mass is 9.96. The van der Waals surface area contributed by atoms with Crippen LogP contribution >= 0.6 is 11.6 Å². The van der Waals surface area contributed by atoms with E-state index < -0.39 is 0 Å². The highest BCUT2D eigenvalue weighted by molar-refractivity contribution is 6.30. The Balaban J connectivity index is 1.60. The fraction of sp³-hybridized carbons (Fsp3) is 0.357. The molecule has 0 N–H and O–H groups in total. The first kappa shape index (κ1) is 24.9. The molecular formula is C28H30ClNO5. The lowest BCUT2D eigenvalue weighted by Crippen LogP contribution is -2.40. The lowest BCUT2D eigenvalue weighted by Gasteiger charge is -2.30. The molecule has 1 amide bonds. The van der Waals surface area contributed by atoms with Gasteiger partial charge >= 0.3 is 5.97 Å². The van der Waals surface area contributed by atoms with E-state index in [0.29, 0.717) is 55.5 Å². The fourth-order valence-electron chi connectivity index (χ4n) is 4.44.